The second-order valence-corrected chi connectivity index (χ2v) is 5.35. The van der Waals surface area contributed by atoms with Crippen LogP contribution < -0.4 is 11.0 Å². The van der Waals surface area contributed by atoms with Gasteiger partial charge in [-0.15, -0.1) is 11.8 Å². The molecule has 1 aromatic heterocycles. The van der Waals surface area contributed by atoms with Crippen LogP contribution in [0.1, 0.15) is 29.9 Å². The lowest BCUT2D eigenvalue weighted by atomic mass is 10.0. The van der Waals surface area contributed by atoms with Crippen molar-refractivity contribution in [1.82, 2.24) is 15.3 Å². The molecule has 0 saturated heterocycles. The van der Waals surface area contributed by atoms with Crippen LogP contribution in [0.15, 0.2) is 9.82 Å². The first-order valence-corrected chi connectivity index (χ1v) is 7.19. The second kappa shape index (κ2) is 6.72. The topological polar surface area (TPSA) is 95.1 Å². The number of aliphatic hydroxyl groups excluding tert-OH is 1. The van der Waals surface area contributed by atoms with Gasteiger partial charge in [0.15, 0.2) is 0 Å². The number of aromatic nitrogens is 2. The zero-order valence-electron chi connectivity index (χ0n) is 11.5. The maximum atomic E-state index is 12.2. The maximum absolute atomic E-state index is 12.2. The summed E-state index contributed by atoms with van der Waals surface area (Å²) in [7, 11) is 0. The lowest BCUT2D eigenvalue weighted by Gasteiger charge is -2.20. The fourth-order valence-corrected chi connectivity index (χ4v) is 2.26. The molecule has 6 nitrogen and oxygen atoms in total. The van der Waals surface area contributed by atoms with Crippen LogP contribution in [-0.2, 0) is 0 Å². The molecule has 0 bridgehead atoms. The van der Waals surface area contributed by atoms with E-state index in [0.717, 1.165) is 0 Å². The highest BCUT2D eigenvalue weighted by Crippen LogP contribution is 2.18. The summed E-state index contributed by atoms with van der Waals surface area (Å²) in [5, 5.41) is 12.4. The summed E-state index contributed by atoms with van der Waals surface area (Å²) in [5.41, 5.74) is 0.356. The van der Waals surface area contributed by atoms with Crippen molar-refractivity contribution in [2.45, 2.75) is 31.8 Å². The number of H-pyrrole nitrogens is 1. The van der Waals surface area contributed by atoms with E-state index in [1.807, 2.05) is 13.8 Å². The highest BCUT2D eigenvalue weighted by atomic mass is 32.2. The van der Waals surface area contributed by atoms with E-state index in [2.05, 4.69) is 15.3 Å². The molecule has 0 aromatic carbocycles. The van der Waals surface area contributed by atoms with Crippen molar-refractivity contribution in [3.8, 4) is 0 Å². The Balaban J connectivity index is 3.09. The van der Waals surface area contributed by atoms with Crippen LogP contribution in [0.2, 0.25) is 0 Å². The summed E-state index contributed by atoms with van der Waals surface area (Å²) in [6.07, 6.45) is 1.75. The van der Waals surface area contributed by atoms with Gasteiger partial charge in [0.1, 0.15) is 5.03 Å². The van der Waals surface area contributed by atoms with E-state index in [0.29, 0.717) is 16.3 Å². The Morgan fingerprint density at radius 2 is 2.16 bits per heavy atom. The molecule has 1 atom stereocenters. The molecule has 0 fully saturated rings. The molecular formula is C12H19N3O3S. The summed E-state index contributed by atoms with van der Waals surface area (Å²) >= 11 is 1.24. The molecule has 1 unspecified atom stereocenters. The summed E-state index contributed by atoms with van der Waals surface area (Å²) in [5.74, 6) is -0.221. The van der Waals surface area contributed by atoms with Gasteiger partial charge in [-0.05, 0) is 19.1 Å². The standard InChI is InChI=1S/C12H19N3O3S/c1-6(2)8(5-16)14-10(17)9-7(3)13-12(18)15-11(9)19-4/h6,8,16H,5H2,1-4H3,(H,14,17)(H,13,15,18). The lowest BCUT2D eigenvalue weighted by molar-refractivity contribution is 0.0892. The van der Waals surface area contributed by atoms with Crippen molar-refractivity contribution in [3.63, 3.8) is 0 Å². The average Bonchev–Trinajstić information content (AvgIpc) is 2.33. The Morgan fingerprint density at radius 3 is 2.63 bits per heavy atom. The molecule has 0 spiro atoms. The number of carbonyl (C=O) groups excluding carboxylic acids is 1. The van der Waals surface area contributed by atoms with E-state index in [9.17, 15) is 14.7 Å². The lowest BCUT2D eigenvalue weighted by Crippen LogP contribution is -2.42. The van der Waals surface area contributed by atoms with Crippen LogP contribution in [-0.4, -0.2) is 39.9 Å². The number of aromatic amines is 1. The minimum Gasteiger partial charge on any atom is -0.394 e. The van der Waals surface area contributed by atoms with Gasteiger partial charge in [0.05, 0.1) is 18.2 Å². The Morgan fingerprint density at radius 1 is 1.53 bits per heavy atom. The van der Waals surface area contributed by atoms with Crippen molar-refractivity contribution in [1.29, 1.82) is 0 Å². The zero-order chi connectivity index (χ0) is 14.6. The average molecular weight is 285 g/mol. The summed E-state index contributed by atoms with van der Waals surface area (Å²) in [6, 6.07) is -0.325. The van der Waals surface area contributed by atoms with Gasteiger partial charge in [0.25, 0.3) is 5.91 Å². The fourth-order valence-electron chi connectivity index (χ4n) is 1.64. The number of aliphatic hydroxyl groups is 1. The first-order valence-electron chi connectivity index (χ1n) is 5.97. The Bertz CT molecular complexity index is 513. The van der Waals surface area contributed by atoms with E-state index in [1.54, 1.807) is 13.2 Å². The van der Waals surface area contributed by atoms with Gasteiger partial charge < -0.3 is 15.4 Å². The third-order valence-electron chi connectivity index (χ3n) is 2.82. The predicted molar refractivity (Wildman–Crippen MR) is 74.6 cm³/mol. The minimum atomic E-state index is -0.471. The fraction of sp³-hybridized carbons (Fsp3) is 0.583. The predicted octanol–water partition coefficient (Wildman–Crippen LogP) is 0.547. The summed E-state index contributed by atoms with van der Waals surface area (Å²) < 4.78 is 0. The number of amides is 1. The molecule has 1 rings (SSSR count). The van der Waals surface area contributed by atoms with Gasteiger partial charge in [-0.3, -0.25) is 4.79 Å². The van der Waals surface area contributed by atoms with E-state index < -0.39 is 5.69 Å². The molecule has 1 amide bonds. The van der Waals surface area contributed by atoms with Crippen LogP contribution in [0.3, 0.4) is 0 Å². The smallest absolute Gasteiger partial charge is 0.346 e. The van der Waals surface area contributed by atoms with E-state index in [4.69, 9.17) is 0 Å². The van der Waals surface area contributed by atoms with Crippen molar-refractivity contribution >= 4 is 17.7 Å². The third-order valence-corrected chi connectivity index (χ3v) is 3.51. The highest BCUT2D eigenvalue weighted by Gasteiger charge is 2.21. The van der Waals surface area contributed by atoms with Gasteiger partial charge in [-0.2, -0.15) is 4.98 Å². The largest absolute Gasteiger partial charge is 0.394 e. The monoisotopic (exact) mass is 285 g/mol. The van der Waals surface area contributed by atoms with Gasteiger partial charge in [0, 0.05) is 5.69 Å². The van der Waals surface area contributed by atoms with Crippen LogP contribution in [0, 0.1) is 12.8 Å². The Kier molecular flexibility index (Phi) is 5.56. The first kappa shape index (κ1) is 15.7. The molecule has 106 valence electrons. The van der Waals surface area contributed by atoms with Crippen molar-refractivity contribution in [2.75, 3.05) is 12.9 Å². The van der Waals surface area contributed by atoms with Crippen LogP contribution >= 0.6 is 11.8 Å². The summed E-state index contributed by atoms with van der Waals surface area (Å²) in [4.78, 5) is 29.8. The summed E-state index contributed by atoms with van der Waals surface area (Å²) in [6.45, 7) is 5.35. The number of hydrogen-bond acceptors (Lipinski definition) is 5. The molecule has 0 aliphatic carbocycles. The van der Waals surface area contributed by atoms with E-state index >= 15 is 0 Å². The maximum Gasteiger partial charge on any atom is 0.346 e. The van der Waals surface area contributed by atoms with Crippen LogP contribution in [0.25, 0.3) is 0 Å². The molecule has 1 aromatic rings. The SMILES string of the molecule is CSc1nc(=O)[nH]c(C)c1C(=O)NC(CO)C(C)C. The number of carbonyl (C=O) groups is 1. The second-order valence-electron chi connectivity index (χ2n) is 4.56. The number of rotatable bonds is 5. The van der Waals surface area contributed by atoms with Crippen LogP contribution in [0.5, 0.6) is 0 Å². The number of nitrogens with one attached hydrogen (secondary N) is 2. The van der Waals surface area contributed by atoms with E-state index in [-0.39, 0.29) is 24.5 Å². The van der Waals surface area contributed by atoms with Crippen molar-refractivity contribution in [2.24, 2.45) is 5.92 Å². The van der Waals surface area contributed by atoms with Gasteiger partial charge in [0.2, 0.25) is 0 Å². The van der Waals surface area contributed by atoms with Gasteiger partial charge in [-0.1, -0.05) is 13.8 Å². The Labute approximate surface area is 116 Å². The zero-order valence-corrected chi connectivity index (χ0v) is 12.3. The van der Waals surface area contributed by atoms with Crippen molar-refractivity contribution < 1.29 is 9.90 Å². The molecule has 0 aliphatic rings. The van der Waals surface area contributed by atoms with E-state index in [1.165, 1.54) is 11.8 Å². The molecule has 7 heteroatoms. The first-order chi connectivity index (χ1) is 8.90. The molecule has 3 N–H and O–H groups in total. The van der Waals surface area contributed by atoms with Crippen molar-refractivity contribution in [3.05, 3.63) is 21.7 Å². The molecule has 0 saturated carbocycles. The molecule has 0 aliphatic heterocycles. The number of aryl methyl sites for hydroxylation is 1. The van der Waals surface area contributed by atoms with Gasteiger partial charge in [-0.25, -0.2) is 4.79 Å². The van der Waals surface area contributed by atoms with Gasteiger partial charge >= 0.3 is 5.69 Å². The number of nitrogens with zero attached hydrogens (tertiary/aromatic N) is 1. The highest BCUT2D eigenvalue weighted by molar-refractivity contribution is 7.98. The molecule has 19 heavy (non-hydrogen) atoms. The normalized spacial score (nSPS) is 12.5. The molecule has 0 radical (unpaired) electrons. The minimum absolute atomic E-state index is 0.114. The molecule has 1 heterocycles. The number of hydrogen-bond donors (Lipinski definition) is 3. The van der Waals surface area contributed by atoms with Crippen LogP contribution in [0.4, 0.5) is 0 Å². The quantitative estimate of drug-likeness (QED) is 0.542. The Hall–Kier alpha value is -1.34. The molecular weight excluding hydrogens is 266 g/mol. The third kappa shape index (κ3) is 3.81. The number of thioether (sulfide) groups is 1.